The molecule has 0 saturated carbocycles. The molecule has 1 aromatic rings. The molecule has 1 unspecified atom stereocenters. The maximum absolute atomic E-state index is 11.3. The average molecular weight is 271 g/mol. The fourth-order valence-electron chi connectivity index (χ4n) is 1.37. The lowest BCUT2D eigenvalue weighted by Gasteiger charge is -2.11. The molecule has 0 fully saturated rings. The van der Waals surface area contributed by atoms with Gasteiger partial charge in [0.15, 0.2) is 0 Å². The quantitative estimate of drug-likeness (QED) is 0.915. The van der Waals surface area contributed by atoms with Crippen molar-refractivity contribution in [2.45, 2.75) is 19.3 Å². The number of halogens is 1. The van der Waals surface area contributed by atoms with Gasteiger partial charge in [-0.15, -0.1) is 0 Å². The molecule has 0 aliphatic rings. The molecule has 0 aromatic heterocycles. The van der Waals surface area contributed by atoms with Crippen LogP contribution in [0, 0.1) is 0 Å². The normalized spacial score (nSPS) is 12.1. The van der Waals surface area contributed by atoms with Crippen LogP contribution in [0.1, 0.15) is 24.8 Å². The minimum atomic E-state index is -0.960. The number of benzene rings is 1. The molecule has 0 radical (unpaired) electrons. The second-order valence-electron chi connectivity index (χ2n) is 3.31. The Labute approximate surface area is 96.2 Å². The molecule has 1 rings (SSSR count). The standard InChI is InChI=1S/C11H11BrO3/c1-7(13)10(6-11(14)15)8-2-4-9(12)5-3-8/h2-5,10H,6H2,1H3,(H,14,15). The number of Topliss-reactive ketones (excluding diaryl/α,β-unsaturated/α-hetero) is 1. The van der Waals surface area contributed by atoms with Crippen LogP contribution in [0.3, 0.4) is 0 Å². The summed E-state index contributed by atoms with van der Waals surface area (Å²) in [5.74, 6) is -1.63. The SMILES string of the molecule is CC(=O)C(CC(=O)O)c1ccc(Br)cc1. The molecular formula is C11H11BrO3. The summed E-state index contributed by atoms with van der Waals surface area (Å²) in [5, 5.41) is 8.69. The molecule has 3 nitrogen and oxygen atoms in total. The maximum Gasteiger partial charge on any atom is 0.304 e. The Kier molecular flexibility index (Phi) is 4.03. The molecule has 0 amide bonds. The molecule has 15 heavy (non-hydrogen) atoms. The van der Waals surface area contributed by atoms with E-state index in [0.717, 1.165) is 10.0 Å². The number of carbonyl (C=O) groups is 2. The summed E-state index contributed by atoms with van der Waals surface area (Å²) >= 11 is 3.28. The molecule has 0 spiro atoms. The van der Waals surface area contributed by atoms with Crippen LogP contribution in [-0.2, 0) is 9.59 Å². The Morgan fingerprint density at radius 2 is 1.87 bits per heavy atom. The topological polar surface area (TPSA) is 54.4 Å². The van der Waals surface area contributed by atoms with Crippen LogP contribution in [0.15, 0.2) is 28.7 Å². The van der Waals surface area contributed by atoms with Gasteiger partial charge in [-0.1, -0.05) is 28.1 Å². The van der Waals surface area contributed by atoms with Crippen molar-refractivity contribution in [3.63, 3.8) is 0 Å². The number of carbonyl (C=O) groups excluding carboxylic acids is 1. The average Bonchev–Trinajstić information content (AvgIpc) is 2.15. The van der Waals surface area contributed by atoms with Crippen molar-refractivity contribution in [1.82, 2.24) is 0 Å². The largest absolute Gasteiger partial charge is 0.481 e. The Hall–Kier alpha value is -1.16. The van der Waals surface area contributed by atoms with Gasteiger partial charge in [-0.2, -0.15) is 0 Å². The second kappa shape index (κ2) is 5.07. The van der Waals surface area contributed by atoms with Gasteiger partial charge < -0.3 is 5.11 Å². The van der Waals surface area contributed by atoms with E-state index >= 15 is 0 Å². The zero-order chi connectivity index (χ0) is 11.4. The third-order valence-electron chi connectivity index (χ3n) is 2.14. The van der Waals surface area contributed by atoms with Crippen LogP contribution in [0.25, 0.3) is 0 Å². The summed E-state index contributed by atoms with van der Waals surface area (Å²) < 4.78 is 0.906. The first-order valence-electron chi connectivity index (χ1n) is 4.48. The first-order valence-corrected chi connectivity index (χ1v) is 5.27. The number of rotatable bonds is 4. The number of carboxylic acid groups (broad SMARTS) is 1. The van der Waals surface area contributed by atoms with Crippen molar-refractivity contribution in [2.75, 3.05) is 0 Å². The number of hydrogen-bond donors (Lipinski definition) is 1. The van der Waals surface area contributed by atoms with E-state index < -0.39 is 11.9 Å². The minimum absolute atomic E-state index is 0.125. The van der Waals surface area contributed by atoms with Gasteiger partial charge in [-0.25, -0.2) is 0 Å². The summed E-state index contributed by atoms with van der Waals surface area (Å²) in [4.78, 5) is 21.9. The molecule has 0 aliphatic carbocycles. The fraction of sp³-hybridized carbons (Fsp3) is 0.273. The molecule has 1 N–H and O–H groups in total. The van der Waals surface area contributed by atoms with Crippen molar-refractivity contribution in [3.8, 4) is 0 Å². The molecule has 0 saturated heterocycles. The Morgan fingerprint density at radius 3 is 2.27 bits per heavy atom. The van der Waals surface area contributed by atoms with E-state index in [1.807, 2.05) is 0 Å². The van der Waals surface area contributed by atoms with E-state index in [1.165, 1.54) is 6.92 Å². The highest BCUT2D eigenvalue weighted by atomic mass is 79.9. The van der Waals surface area contributed by atoms with Crippen molar-refractivity contribution in [3.05, 3.63) is 34.3 Å². The predicted molar refractivity (Wildman–Crippen MR) is 59.8 cm³/mol. The second-order valence-corrected chi connectivity index (χ2v) is 4.23. The summed E-state index contributed by atoms with van der Waals surface area (Å²) in [7, 11) is 0. The first kappa shape index (κ1) is 11.9. The number of hydrogen-bond acceptors (Lipinski definition) is 2. The minimum Gasteiger partial charge on any atom is -0.481 e. The van der Waals surface area contributed by atoms with Gasteiger partial charge in [0, 0.05) is 4.47 Å². The fourth-order valence-corrected chi connectivity index (χ4v) is 1.63. The third-order valence-corrected chi connectivity index (χ3v) is 2.67. The van der Waals surface area contributed by atoms with Gasteiger partial charge in [-0.3, -0.25) is 9.59 Å². The van der Waals surface area contributed by atoms with Crippen LogP contribution >= 0.6 is 15.9 Å². The first-order chi connectivity index (χ1) is 7.00. The lowest BCUT2D eigenvalue weighted by molar-refractivity contribution is -0.139. The highest BCUT2D eigenvalue weighted by Crippen LogP contribution is 2.22. The lowest BCUT2D eigenvalue weighted by atomic mass is 9.92. The Balaban J connectivity index is 2.94. The zero-order valence-electron chi connectivity index (χ0n) is 8.24. The van der Waals surface area contributed by atoms with E-state index in [0.29, 0.717) is 0 Å². The van der Waals surface area contributed by atoms with E-state index in [9.17, 15) is 9.59 Å². The number of aliphatic carboxylic acids is 1. The third kappa shape index (κ3) is 3.47. The van der Waals surface area contributed by atoms with Crippen LogP contribution in [0.2, 0.25) is 0 Å². The Morgan fingerprint density at radius 1 is 1.33 bits per heavy atom. The van der Waals surface area contributed by atoms with Gasteiger partial charge in [0.1, 0.15) is 5.78 Å². The van der Waals surface area contributed by atoms with Gasteiger partial charge in [-0.05, 0) is 24.6 Å². The summed E-state index contributed by atoms with van der Waals surface area (Å²) in [5.41, 5.74) is 0.744. The van der Waals surface area contributed by atoms with Gasteiger partial charge in [0.05, 0.1) is 12.3 Å². The highest BCUT2D eigenvalue weighted by Gasteiger charge is 2.19. The molecular weight excluding hydrogens is 260 g/mol. The summed E-state index contributed by atoms with van der Waals surface area (Å²) in [6, 6.07) is 7.12. The molecule has 1 aromatic carbocycles. The molecule has 80 valence electrons. The smallest absolute Gasteiger partial charge is 0.304 e. The molecule has 0 heterocycles. The van der Waals surface area contributed by atoms with Crippen LogP contribution in [0.4, 0.5) is 0 Å². The van der Waals surface area contributed by atoms with E-state index in [-0.39, 0.29) is 12.2 Å². The van der Waals surface area contributed by atoms with Crippen LogP contribution in [-0.4, -0.2) is 16.9 Å². The molecule has 0 bridgehead atoms. The van der Waals surface area contributed by atoms with Gasteiger partial charge in [0.25, 0.3) is 0 Å². The predicted octanol–water partition coefficient (Wildman–Crippen LogP) is 2.60. The summed E-state index contributed by atoms with van der Waals surface area (Å²) in [6.07, 6.45) is -0.156. The maximum atomic E-state index is 11.3. The molecule has 4 heteroatoms. The molecule has 0 aliphatic heterocycles. The monoisotopic (exact) mass is 270 g/mol. The highest BCUT2D eigenvalue weighted by molar-refractivity contribution is 9.10. The molecule has 1 atom stereocenters. The number of ketones is 1. The van der Waals surface area contributed by atoms with Crippen molar-refractivity contribution in [2.24, 2.45) is 0 Å². The van der Waals surface area contributed by atoms with E-state index in [2.05, 4.69) is 15.9 Å². The van der Waals surface area contributed by atoms with E-state index in [4.69, 9.17) is 5.11 Å². The lowest BCUT2D eigenvalue weighted by Crippen LogP contribution is -2.13. The van der Waals surface area contributed by atoms with Gasteiger partial charge in [0.2, 0.25) is 0 Å². The van der Waals surface area contributed by atoms with E-state index in [1.54, 1.807) is 24.3 Å². The summed E-state index contributed by atoms with van der Waals surface area (Å²) in [6.45, 7) is 1.41. The van der Waals surface area contributed by atoms with Crippen molar-refractivity contribution in [1.29, 1.82) is 0 Å². The number of carboxylic acids is 1. The Bertz CT molecular complexity index is 370. The van der Waals surface area contributed by atoms with Crippen molar-refractivity contribution < 1.29 is 14.7 Å². The zero-order valence-corrected chi connectivity index (χ0v) is 9.82. The van der Waals surface area contributed by atoms with Crippen molar-refractivity contribution >= 4 is 27.7 Å². The van der Waals surface area contributed by atoms with Crippen LogP contribution in [0.5, 0.6) is 0 Å². The van der Waals surface area contributed by atoms with Crippen LogP contribution < -0.4 is 0 Å². The van der Waals surface area contributed by atoms with Gasteiger partial charge >= 0.3 is 5.97 Å².